The van der Waals surface area contributed by atoms with E-state index in [1.54, 1.807) is 19.5 Å². The number of aromatic nitrogens is 1. The van der Waals surface area contributed by atoms with E-state index >= 15 is 0 Å². The van der Waals surface area contributed by atoms with Crippen molar-refractivity contribution in [3.8, 4) is 16.9 Å². The fourth-order valence-corrected chi connectivity index (χ4v) is 2.74. The molecule has 5 nitrogen and oxygen atoms in total. The zero-order valence-electron chi connectivity index (χ0n) is 13.2. The van der Waals surface area contributed by atoms with Crippen LogP contribution in [0.1, 0.15) is 23.2 Å². The van der Waals surface area contributed by atoms with Gasteiger partial charge in [0.1, 0.15) is 5.75 Å². The van der Waals surface area contributed by atoms with E-state index in [2.05, 4.69) is 15.6 Å². The van der Waals surface area contributed by atoms with Crippen LogP contribution in [0.15, 0.2) is 42.7 Å². The van der Waals surface area contributed by atoms with Crippen LogP contribution in [0.4, 0.5) is 0 Å². The largest absolute Gasteiger partial charge is 0.497 e. The third-order valence-corrected chi connectivity index (χ3v) is 4.10. The van der Waals surface area contributed by atoms with Crippen LogP contribution < -0.4 is 15.4 Å². The number of carbonyl (C=O) groups is 1. The molecule has 0 unspecified atom stereocenters. The van der Waals surface area contributed by atoms with E-state index in [1.807, 2.05) is 30.3 Å². The van der Waals surface area contributed by atoms with E-state index in [0.29, 0.717) is 5.56 Å². The highest BCUT2D eigenvalue weighted by Gasteiger charge is 2.16. The monoisotopic (exact) mass is 311 g/mol. The van der Waals surface area contributed by atoms with Crippen LogP contribution in [0, 0.1) is 0 Å². The minimum Gasteiger partial charge on any atom is -0.497 e. The lowest BCUT2D eigenvalue weighted by atomic mass is 10.0. The number of hydrogen-bond acceptors (Lipinski definition) is 4. The van der Waals surface area contributed by atoms with Gasteiger partial charge in [-0.15, -0.1) is 0 Å². The van der Waals surface area contributed by atoms with Gasteiger partial charge in [0, 0.05) is 24.0 Å². The second-order valence-corrected chi connectivity index (χ2v) is 5.69. The van der Waals surface area contributed by atoms with Gasteiger partial charge in [0.25, 0.3) is 5.91 Å². The molecule has 23 heavy (non-hydrogen) atoms. The van der Waals surface area contributed by atoms with Crippen molar-refractivity contribution in [2.75, 3.05) is 20.2 Å². The number of rotatable bonds is 4. The number of nitrogens with one attached hydrogen (secondary N) is 2. The van der Waals surface area contributed by atoms with E-state index in [9.17, 15) is 4.79 Å². The predicted molar refractivity (Wildman–Crippen MR) is 89.6 cm³/mol. The number of ether oxygens (including phenoxy) is 1. The average Bonchev–Trinajstić information content (AvgIpc) is 2.63. The molecule has 2 heterocycles. The van der Waals surface area contributed by atoms with E-state index in [-0.39, 0.29) is 11.9 Å². The van der Waals surface area contributed by atoms with Gasteiger partial charge in [0.15, 0.2) is 0 Å². The zero-order valence-corrected chi connectivity index (χ0v) is 13.2. The first-order valence-electron chi connectivity index (χ1n) is 7.87. The fraction of sp³-hybridized carbons (Fsp3) is 0.333. The lowest BCUT2D eigenvalue weighted by Crippen LogP contribution is -2.42. The summed E-state index contributed by atoms with van der Waals surface area (Å²) in [7, 11) is 1.64. The van der Waals surface area contributed by atoms with Crippen molar-refractivity contribution in [2.24, 2.45) is 0 Å². The maximum atomic E-state index is 12.4. The van der Waals surface area contributed by atoms with Crippen molar-refractivity contribution < 1.29 is 9.53 Å². The van der Waals surface area contributed by atoms with Gasteiger partial charge in [0.2, 0.25) is 0 Å². The minimum atomic E-state index is -0.0558. The Balaban J connectivity index is 1.74. The highest BCUT2D eigenvalue weighted by Crippen LogP contribution is 2.22. The molecule has 0 saturated carbocycles. The topological polar surface area (TPSA) is 63.2 Å². The second kappa shape index (κ2) is 7.24. The highest BCUT2D eigenvalue weighted by molar-refractivity contribution is 5.95. The summed E-state index contributed by atoms with van der Waals surface area (Å²) >= 11 is 0. The molecule has 0 aliphatic carbocycles. The quantitative estimate of drug-likeness (QED) is 0.909. The smallest absolute Gasteiger partial charge is 0.253 e. The van der Waals surface area contributed by atoms with Gasteiger partial charge in [-0.05, 0) is 49.7 Å². The van der Waals surface area contributed by atoms with Crippen molar-refractivity contribution in [1.82, 2.24) is 15.6 Å². The Hall–Kier alpha value is -2.40. The first kappa shape index (κ1) is 15.5. The SMILES string of the molecule is COc1ccc(-c2cncc(C(=O)NC3CCNCC3)c2)cc1. The Morgan fingerprint density at radius 3 is 2.61 bits per heavy atom. The van der Waals surface area contributed by atoms with E-state index < -0.39 is 0 Å². The molecule has 0 radical (unpaired) electrons. The average molecular weight is 311 g/mol. The molecule has 1 amide bonds. The normalized spacial score (nSPS) is 15.2. The molecule has 1 fully saturated rings. The van der Waals surface area contributed by atoms with Gasteiger partial charge in [-0.25, -0.2) is 0 Å². The molecule has 1 saturated heterocycles. The zero-order chi connectivity index (χ0) is 16.1. The van der Waals surface area contributed by atoms with Crippen molar-refractivity contribution in [3.63, 3.8) is 0 Å². The van der Waals surface area contributed by atoms with Crippen LogP contribution in [0.5, 0.6) is 5.75 Å². The molecule has 2 N–H and O–H groups in total. The standard InChI is InChI=1S/C18H21N3O2/c1-23-17-4-2-13(3-5-17)14-10-15(12-20-11-14)18(22)21-16-6-8-19-9-7-16/h2-5,10-12,16,19H,6-9H2,1H3,(H,21,22). The van der Waals surface area contributed by atoms with Crippen LogP contribution in [0.3, 0.4) is 0 Å². The Bertz CT molecular complexity index is 664. The summed E-state index contributed by atoms with van der Waals surface area (Å²) in [4.78, 5) is 16.6. The van der Waals surface area contributed by atoms with E-state index in [4.69, 9.17) is 4.74 Å². The van der Waals surface area contributed by atoms with Gasteiger partial charge < -0.3 is 15.4 Å². The molecule has 1 aromatic heterocycles. The van der Waals surface area contributed by atoms with Crippen LogP contribution in [-0.2, 0) is 0 Å². The second-order valence-electron chi connectivity index (χ2n) is 5.69. The first-order chi connectivity index (χ1) is 11.3. The van der Waals surface area contributed by atoms with Gasteiger partial charge in [-0.3, -0.25) is 9.78 Å². The fourth-order valence-electron chi connectivity index (χ4n) is 2.74. The summed E-state index contributed by atoms with van der Waals surface area (Å²) < 4.78 is 5.17. The molecular formula is C18H21N3O2. The lowest BCUT2D eigenvalue weighted by molar-refractivity contribution is 0.0929. The van der Waals surface area contributed by atoms with Crippen LogP contribution in [0.25, 0.3) is 11.1 Å². The summed E-state index contributed by atoms with van der Waals surface area (Å²) in [6, 6.07) is 9.85. The number of benzene rings is 1. The number of hydrogen-bond donors (Lipinski definition) is 2. The van der Waals surface area contributed by atoms with Crippen molar-refractivity contribution in [1.29, 1.82) is 0 Å². The molecular weight excluding hydrogens is 290 g/mol. The molecule has 5 heteroatoms. The predicted octanol–water partition coefficient (Wildman–Crippen LogP) is 2.24. The Morgan fingerprint density at radius 1 is 1.17 bits per heavy atom. The van der Waals surface area contributed by atoms with E-state index in [1.165, 1.54) is 0 Å². The van der Waals surface area contributed by atoms with Crippen molar-refractivity contribution in [2.45, 2.75) is 18.9 Å². The van der Waals surface area contributed by atoms with Crippen LogP contribution in [0.2, 0.25) is 0 Å². The Kier molecular flexibility index (Phi) is 4.88. The Labute approximate surface area is 136 Å². The molecule has 2 aromatic rings. The van der Waals surface area contributed by atoms with Crippen molar-refractivity contribution >= 4 is 5.91 Å². The van der Waals surface area contributed by atoms with Gasteiger partial charge >= 0.3 is 0 Å². The highest BCUT2D eigenvalue weighted by atomic mass is 16.5. The third kappa shape index (κ3) is 3.87. The number of carbonyl (C=O) groups excluding carboxylic acids is 1. The first-order valence-corrected chi connectivity index (χ1v) is 7.87. The minimum absolute atomic E-state index is 0.0558. The molecule has 120 valence electrons. The molecule has 1 aliphatic heterocycles. The number of nitrogens with zero attached hydrogens (tertiary/aromatic N) is 1. The molecule has 0 spiro atoms. The third-order valence-electron chi connectivity index (χ3n) is 4.10. The maximum Gasteiger partial charge on any atom is 0.253 e. The summed E-state index contributed by atoms with van der Waals surface area (Å²) in [6.07, 6.45) is 5.32. The van der Waals surface area contributed by atoms with Gasteiger partial charge in [-0.2, -0.15) is 0 Å². The number of piperidine rings is 1. The van der Waals surface area contributed by atoms with E-state index in [0.717, 1.165) is 42.8 Å². The molecule has 3 rings (SSSR count). The summed E-state index contributed by atoms with van der Waals surface area (Å²) in [5, 5.41) is 6.39. The molecule has 0 atom stereocenters. The number of methoxy groups -OCH3 is 1. The lowest BCUT2D eigenvalue weighted by Gasteiger charge is -2.23. The maximum absolute atomic E-state index is 12.4. The van der Waals surface area contributed by atoms with Gasteiger partial charge in [-0.1, -0.05) is 12.1 Å². The summed E-state index contributed by atoms with van der Waals surface area (Å²) in [5.41, 5.74) is 2.53. The Morgan fingerprint density at radius 2 is 1.91 bits per heavy atom. The van der Waals surface area contributed by atoms with Crippen LogP contribution >= 0.6 is 0 Å². The number of amides is 1. The van der Waals surface area contributed by atoms with Gasteiger partial charge in [0.05, 0.1) is 12.7 Å². The molecule has 1 aromatic carbocycles. The molecule has 1 aliphatic rings. The van der Waals surface area contributed by atoms with Crippen LogP contribution in [-0.4, -0.2) is 37.1 Å². The molecule has 0 bridgehead atoms. The summed E-state index contributed by atoms with van der Waals surface area (Å²) in [5.74, 6) is 0.751. The van der Waals surface area contributed by atoms with Crippen molar-refractivity contribution in [3.05, 3.63) is 48.3 Å². The summed E-state index contributed by atoms with van der Waals surface area (Å²) in [6.45, 7) is 1.91. The number of pyridine rings is 1.